The Hall–Kier alpha value is -1.58. The van der Waals surface area contributed by atoms with Gasteiger partial charge < -0.3 is 5.32 Å². The van der Waals surface area contributed by atoms with Gasteiger partial charge in [0.25, 0.3) is 0 Å². The van der Waals surface area contributed by atoms with Crippen LogP contribution >= 0.6 is 22.9 Å². The molecule has 1 N–H and O–H groups in total. The van der Waals surface area contributed by atoms with Gasteiger partial charge in [0.15, 0.2) is 0 Å². The number of benzene rings is 1. The summed E-state index contributed by atoms with van der Waals surface area (Å²) in [5.74, 6) is -0.159. The lowest BCUT2D eigenvalue weighted by Crippen LogP contribution is -2.08. The Labute approximate surface area is 115 Å². The van der Waals surface area contributed by atoms with Gasteiger partial charge in [-0.1, -0.05) is 23.7 Å². The van der Waals surface area contributed by atoms with E-state index in [1.54, 1.807) is 23.5 Å². The highest BCUT2D eigenvalue weighted by molar-refractivity contribution is 7.10. The number of hydrogen-bond donors (Lipinski definition) is 1. The van der Waals surface area contributed by atoms with Crippen molar-refractivity contribution in [2.24, 2.45) is 0 Å². The first-order valence-electron chi connectivity index (χ1n) is 5.44. The normalized spacial score (nSPS) is 10.8. The molecule has 0 radical (unpaired) electrons. The number of anilines is 1. The molecule has 0 aliphatic heterocycles. The number of nitrogens with one attached hydrogen (secondary N) is 1. The predicted molar refractivity (Wildman–Crippen MR) is 78.2 cm³/mol. The highest BCUT2D eigenvalue weighted by atomic mass is 35.5. The van der Waals surface area contributed by atoms with Gasteiger partial charge in [-0.15, -0.1) is 11.3 Å². The van der Waals surface area contributed by atoms with E-state index < -0.39 is 0 Å². The van der Waals surface area contributed by atoms with Crippen LogP contribution in [0.25, 0.3) is 6.08 Å². The Morgan fingerprint density at radius 2 is 2.17 bits per heavy atom. The second-order valence-corrected chi connectivity index (χ2v) is 5.14. The summed E-state index contributed by atoms with van der Waals surface area (Å²) in [4.78, 5) is 12.8. The third kappa shape index (κ3) is 3.22. The Balaban J connectivity index is 2.05. The number of carbonyl (C=O) groups is 1. The molecule has 2 aromatic rings. The van der Waals surface area contributed by atoms with Crippen LogP contribution in [-0.2, 0) is 4.79 Å². The summed E-state index contributed by atoms with van der Waals surface area (Å²) in [6, 6.07) is 9.35. The Morgan fingerprint density at radius 3 is 2.89 bits per heavy atom. The zero-order valence-corrected chi connectivity index (χ0v) is 11.4. The van der Waals surface area contributed by atoms with Gasteiger partial charge in [0.2, 0.25) is 5.91 Å². The molecule has 2 rings (SSSR count). The molecular formula is C14H12ClNOS. The van der Waals surface area contributed by atoms with Crippen LogP contribution in [0.1, 0.15) is 10.4 Å². The molecule has 0 saturated carbocycles. The fraction of sp³-hybridized carbons (Fsp3) is 0.0714. The molecule has 2 nitrogen and oxygen atoms in total. The van der Waals surface area contributed by atoms with E-state index in [4.69, 9.17) is 11.6 Å². The minimum Gasteiger partial charge on any atom is -0.322 e. The summed E-state index contributed by atoms with van der Waals surface area (Å²) < 4.78 is 0. The highest BCUT2D eigenvalue weighted by Crippen LogP contribution is 2.22. The Morgan fingerprint density at radius 1 is 1.33 bits per heavy atom. The first-order chi connectivity index (χ1) is 8.66. The van der Waals surface area contributed by atoms with E-state index in [1.807, 2.05) is 36.6 Å². The summed E-state index contributed by atoms with van der Waals surface area (Å²) in [7, 11) is 0. The van der Waals surface area contributed by atoms with E-state index in [2.05, 4.69) is 5.32 Å². The largest absolute Gasteiger partial charge is 0.322 e. The summed E-state index contributed by atoms with van der Waals surface area (Å²) in [6.07, 6.45) is 3.31. The summed E-state index contributed by atoms with van der Waals surface area (Å²) in [5.41, 5.74) is 1.61. The van der Waals surface area contributed by atoms with Gasteiger partial charge in [-0.2, -0.15) is 0 Å². The second kappa shape index (κ2) is 5.85. The molecule has 0 spiro atoms. The molecule has 0 unspecified atom stereocenters. The number of amides is 1. The number of rotatable bonds is 3. The molecular weight excluding hydrogens is 266 g/mol. The smallest absolute Gasteiger partial charge is 0.248 e. The fourth-order valence-corrected chi connectivity index (χ4v) is 2.25. The third-order valence-electron chi connectivity index (χ3n) is 2.47. The molecule has 92 valence electrons. The summed E-state index contributed by atoms with van der Waals surface area (Å²) in [6.45, 7) is 1.88. The quantitative estimate of drug-likeness (QED) is 0.830. The molecule has 1 heterocycles. The average Bonchev–Trinajstić information content (AvgIpc) is 2.86. The van der Waals surface area contributed by atoms with Crippen molar-refractivity contribution in [3.8, 4) is 0 Å². The number of carbonyl (C=O) groups excluding carboxylic acids is 1. The van der Waals surface area contributed by atoms with Crippen LogP contribution in [0.5, 0.6) is 0 Å². The van der Waals surface area contributed by atoms with E-state index in [9.17, 15) is 4.79 Å². The van der Waals surface area contributed by atoms with Crippen molar-refractivity contribution in [2.75, 3.05) is 5.32 Å². The number of hydrogen-bond acceptors (Lipinski definition) is 2. The average molecular weight is 278 g/mol. The standard InChI is InChI=1S/C14H12ClNOS/c1-10-12(15)5-2-6-13(10)16-14(17)8-7-11-4-3-9-18-11/h2-9H,1H3,(H,16,17)/b8-7+. The molecule has 0 aliphatic rings. The second-order valence-electron chi connectivity index (χ2n) is 3.75. The maximum Gasteiger partial charge on any atom is 0.248 e. The first kappa shape index (κ1) is 12.9. The molecule has 0 saturated heterocycles. The van der Waals surface area contributed by atoms with Crippen LogP contribution < -0.4 is 5.32 Å². The van der Waals surface area contributed by atoms with Crippen LogP contribution in [0.2, 0.25) is 5.02 Å². The predicted octanol–water partition coefficient (Wildman–Crippen LogP) is 4.36. The molecule has 1 aromatic heterocycles. The molecule has 18 heavy (non-hydrogen) atoms. The molecule has 0 fully saturated rings. The zero-order chi connectivity index (χ0) is 13.0. The lowest BCUT2D eigenvalue weighted by Gasteiger charge is -2.07. The van der Waals surface area contributed by atoms with Crippen LogP contribution in [0.15, 0.2) is 41.8 Å². The van der Waals surface area contributed by atoms with E-state index in [0.29, 0.717) is 5.02 Å². The molecule has 0 atom stereocenters. The van der Waals surface area contributed by atoms with Gasteiger partial charge in [0, 0.05) is 21.7 Å². The molecule has 1 aromatic carbocycles. The topological polar surface area (TPSA) is 29.1 Å². The van der Waals surface area contributed by atoms with Crippen molar-refractivity contribution < 1.29 is 4.79 Å². The monoisotopic (exact) mass is 277 g/mol. The van der Waals surface area contributed by atoms with Crippen molar-refractivity contribution in [1.29, 1.82) is 0 Å². The Kier molecular flexibility index (Phi) is 4.18. The van der Waals surface area contributed by atoms with E-state index >= 15 is 0 Å². The maximum atomic E-state index is 11.7. The molecule has 0 aliphatic carbocycles. The van der Waals surface area contributed by atoms with Crippen LogP contribution in [0.3, 0.4) is 0 Å². The van der Waals surface area contributed by atoms with E-state index in [0.717, 1.165) is 16.1 Å². The van der Waals surface area contributed by atoms with Gasteiger partial charge in [-0.3, -0.25) is 4.79 Å². The van der Waals surface area contributed by atoms with Gasteiger partial charge in [-0.25, -0.2) is 0 Å². The number of thiophene rings is 1. The minimum atomic E-state index is -0.159. The van der Waals surface area contributed by atoms with Crippen LogP contribution in [0.4, 0.5) is 5.69 Å². The first-order valence-corrected chi connectivity index (χ1v) is 6.70. The highest BCUT2D eigenvalue weighted by Gasteiger charge is 2.04. The summed E-state index contributed by atoms with van der Waals surface area (Å²) >= 11 is 7.58. The van der Waals surface area contributed by atoms with E-state index in [-0.39, 0.29) is 5.91 Å². The van der Waals surface area contributed by atoms with Crippen molar-refractivity contribution >= 4 is 40.6 Å². The van der Waals surface area contributed by atoms with Crippen LogP contribution in [0, 0.1) is 6.92 Å². The summed E-state index contributed by atoms with van der Waals surface area (Å²) in [5, 5.41) is 5.43. The minimum absolute atomic E-state index is 0.159. The van der Waals surface area contributed by atoms with Gasteiger partial charge in [0.05, 0.1) is 0 Å². The fourth-order valence-electron chi connectivity index (χ4n) is 1.46. The lowest BCUT2D eigenvalue weighted by molar-refractivity contribution is -0.111. The zero-order valence-electron chi connectivity index (χ0n) is 9.81. The van der Waals surface area contributed by atoms with Gasteiger partial charge in [0.1, 0.15) is 0 Å². The lowest BCUT2D eigenvalue weighted by atomic mass is 10.2. The molecule has 1 amide bonds. The molecule has 4 heteroatoms. The van der Waals surface area contributed by atoms with Crippen LogP contribution in [-0.4, -0.2) is 5.91 Å². The van der Waals surface area contributed by atoms with Crippen molar-refractivity contribution in [1.82, 2.24) is 0 Å². The van der Waals surface area contributed by atoms with Crippen molar-refractivity contribution in [3.05, 3.63) is 57.3 Å². The van der Waals surface area contributed by atoms with Crippen molar-refractivity contribution in [2.45, 2.75) is 6.92 Å². The number of halogens is 1. The third-order valence-corrected chi connectivity index (χ3v) is 3.71. The Bertz CT molecular complexity index is 575. The SMILES string of the molecule is Cc1c(Cl)cccc1NC(=O)/C=C/c1cccs1. The van der Waals surface area contributed by atoms with Crippen molar-refractivity contribution in [3.63, 3.8) is 0 Å². The van der Waals surface area contributed by atoms with Gasteiger partial charge >= 0.3 is 0 Å². The van der Waals surface area contributed by atoms with E-state index in [1.165, 1.54) is 6.08 Å². The maximum absolute atomic E-state index is 11.7. The molecule has 0 bridgehead atoms. The van der Waals surface area contributed by atoms with Gasteiger partial charge in [-0.05, 0) is 42.1 Å².